The highest BCUT2D eigenvalue weighted by Crippen LogP contribution is 2.43. The van der Waals surface area contributed by atoms with Crippen molar-refractivity contribution >= 4 is 11.6 Å². The highest BCUT2D eigenvalue weighted by molar-refractivity contribution is 5.80. The van der Waals surface area contributed by atoms with Gasteiger partial charge in [-0.2, -0.15) is 13.2 Å². The SMILES string of the molecule is CC(C)[C@@H](C(N)=O)N(C)[C@H]1CC[C@@H]2CN(c3cccc(C(F)(F)F)c3)C[C@@H]21. The molecule has 0 radical (unpaired) electrons. The Bertz CT molecular complexity index is 691. The third kappa shape index (κ3) is 3.93. The third-order valence-corrected chi connectivity index (χ3v) is 6.24. The maximum absolute atomic E-state index is 13.0. The van der Waals surface area contributed by atoms with Crippen molar-refractivity contribution in [2.75, 3.05) is 25.0 Å². The molecule has 2 fully saturated rings. The minimum atomic E-state index is -4.33. The summed E-state index contributed by atoms with van der Waals surface area (Å²) in [5.74, 6) is 0.578. The van der Waals surface area contributed by atoms with Gasteiger partial charge in [0.25, 0.3) is 0 Å². The van der Waals surface area contributed by atoms with Crippen LogP contribution in [-0.2, 0) is 11.0 Å². The lowest BCUT2D eigenvalue weighted by atomic mass is 9.93. The van der Waals surface area contributed by atoms with Crippen molar-refractivity contribution in [1.29, 1.82) is 0 Å². The summed E-state index contributed by atoms with van der Waals surface area (Å²) in [6.45, 7) is 5.45. The summed E-state index contributed by atoms with van der Waals surface area (Å²) in [6.07, 6.45) is -2.31. The van der Waals surface area contributed by atoms with E-state index in [9.17, 15) is 18.0 Å². The molecule has 1 aliphatic carbocycles. The third-order valence-electron chi connectivity index (χ3n) is 6.24. The average Bonchev–Trinajstić information content (AvgIpc) is 3.13. The van der Waals surface area contributed by atoms with Crippen molar-refractivity contribution in [2.24, 2.45) is 23.5 Å². The lowest BCUT2D eigenvalue weighted by Crippen LogP contribution is -2.52. The van der Waals surface area contributed by atoms with E-state index in [4.69, 9.17) is 5.73 Å². The maximum atomic E-state index is 13.0. The first-order valence-electron chi connectivity index (χ1n) is 9.53. The summed E-state index contributed by atoms with van der Waals surface area (Å²) >= 11 is 0. The molecule has 7 heteroatoms. The number of fused-ring (bicyclic) bond motifs is 1. The van der Waals surface area contributed by atoms with Gasteiger partial charge in [0, 0.05) is 24.8 Å². The minimum Gasteiger partial charge on any atom is -0.371 e. The zero-order chi connectivity index (χ0) is 19.9. The number of alkyl halides is 3. The number of halogens is 3. The summed E-state index contributed by atoms with van der Waals surface area (Å²) in [5, 5.41) is 0. The molecular weight excluding hydrogens is 355 g/mol. The first-order valence-corrected chi connectivity index (χ1v) is 9.53. The Balaban J connectivity index is 1.76. The molecule has 1 aromatic rings. The predicted molar refractivity (Wildman–Crippen MR) is 99.2 cm³/mol. The predicted octanol–water partition coefficient (Wildman–Crippen LogP) is 3.36. The van der Waals surface area contributed by atoms with Gasteiger partial charge in [0.05, 0.1) is 11.6 Å². The molecule has 4 atom stereocenters. The van der Waals surface area contributed by atoms with Crippen LogP contribution in [0.5, 0.6) is 0 Å². The summed E-state index contributed by atoms with van der Waals surface area (Å²) < 4.78 is 39.1. The second-order valence-electron chi connectivity index (χ2n) is 8.28. The molecule has 3 rings (SSSR count). The first kappa shape index (κ1) is 20.0. The lowest BCUT2D eigenvalue weighted by molar-refractivity contribution is -0.137. The zero-order valence-corrected chi connectivity index (χ0v) is 16.0. The normalized spacial score (nSPS) is 26.7. The van der Waals surface area contributed by atoms with Crippen LogP contribution in [0.1, 0.15) is 32.3 Å². The van der Waals surface area contributed by atoms with E-state index in [0.717, 1.165) is 25.5 Å². The zero-order valence-electron chi connectivity index (χ0n) is 16.0. The monoisotopic (exact) mass is 383 g/mol. The van der Waals surface area contributed by atoms with Crippen molar-refractivity contribution in [2.45, 2.75) is 44.9 Å². The summed E-state index contributed by atoms with van der Waals surface area (Å²) in [5.41, 5.74) is 5.63. The molecule has 1 heterocycles. The summed E-state index contributed by atoms with van der Waals surface area (Å²) in [4.78, 5) is 16.1. The first-order chi connectivity index (χ1) is 12.6. The van der Waals surface area contributed by atoms with Crippen LogP contribution in [0.15, 0.2) is 24.3 Å². The fraction of sp³-hybridized carbons (Fsp3) is 0.650. The number of primary amides is 1. The Morgan fingerprint density at radius 3 is 2.56 bits per heavy atom. The fourth-order valence-electron chi connectivity index (χ4n) is 5.04. The quantitative estimate of drug-likeness (QED) is 0.848. The smallest absolute Gasteiger partial charge is 0.371 e. The van der Waals surface area contributed by atoms with Crippen molar-refractivity contribution in [3.8, 4) is 0 Å². The van der Waals surface area contributed by atoms with Gasteiger partial charge in [-0.05, 0) is 55.8 Å². The van der Waals surface area contributed by atoms with Crippen LogP contribution < -0.4 is 10.6 Å². The molecule has 0 spiro atoms. The molecule has 0 bridgehead atoms. The number of benzene rings is 1. The Kier molecular flexibility index (Phi) is 5.43. The Morgan fingerprint density at radius 1 is 1.26 bits per heavy atom. The van der Waals surface area contributed by atoms with Gasteiger partial charge in [0.1, 0.15) is 0 Å². The minimum absolute atomic E-state index is 0.118. The van der Waals surface area contributed by atoms with E-state index in [1.165, 1.54) is 12.1 Å². The number of nitrogens with two attached hydrogens (primary N) is 1. The van der Waals surface area contributed by atoms with Crippen molar-refractivity contribution in [1.82, 2.24) is 4.90 Å². The molecule has 0 aromatic heterocycles. The number of likely N-dealkylation sites (N-methyl/N-ethyl adjacent to an activating group) is 1. The number of anilines is 1. The van der Waals surface area contributed by atoms with Gasteiger partial charge in [-0.1, -0.05) is 19.9 Å². The maximum Gasteiger partial charge on any atom is 0.416 e. The summed E-state index contributed by atoms with van der Waals surface area (Å²) in [6, 6.07) is 5.46. The number of carbonyl (C=O) groups is 1. The number of hydrogen-bond acceptors (Lipinski definition) is 3. The number of amides is 1. The number of carbonyl (C=O) groups excluding carboxylic acids is 1. The van der Waals surface area contributed by atoms with Gasteiger partial charge < -0.3 is 10.6 Å². The second-order valence-corrected chi connectivity index (χ2v) is 8.28. The molecular formula is C20H28F3N3O. The molecule has 2 aliphatic rings. The molecule has 1 amide bonds. The number of nitrogens with zero attached hydrogens (tertiary/aromatic N) is 2. The van der Waals surface area contributed by atoms with E-state index in [1.807, 2.05) is 20.9 Å². The van der Waals surface area contributed by atoms with Gasteiger partial charge in [-0.3, -0.25) is 9.69 Å². The highest BCUT2D eigenvalue weighted by Gasteiger charge is 2.46. The summed E-state index contributed by atoms with van der Waals surface area (Å²) in [7, 11) is 1.95. The molecule has 1 saturated heterocycles. The molecule has 1 aromatic carbocycles. The van der Waals surface area contributed by atoms with E-state index in [-0.39, 0.29) is 23.9 Å². The molecule has 1 saturated carbocycles. The largest absolute Gasteiger partial charge is 0.416 e. The average molecular weight is 383 g/mol. The molecule has 4 nitrogen and oxygen atoms in total. The van der Waals surface area contributed by atoms with Gasteiger partial charge in [0.15, 0.2) is 0 Å². The van der Waals surface area contributed by atoms with Crippen LogP contribution in [0.4, 0.5) is 18.9 Å². The molecule has 150 valence electrons. The Labute approximate surface area is 158 Å². The molecule has 27 heavy (non-hydrogen) atoms. The van der Waals surface area contributed by atoms with Crippen LogP contribution in [0.3, 0.4) is 0 Å². The van der Waals surface area contributed by atoms with Crippen molar-refractivity contribution in [3.05, 3.63) is 29.8 Å². The van der Waals surface area contributed by atoms with Crippen LogP contribution in [0.25, 0.3) is 0 Å². The van der Waals surface area contributed by atoms with E-state index >= 15 is 0 Å². The molecule has 2 N–H and O–H groups in total. The van der Waals surface area contributed by atoms with E-state index in [1.54, 1.807) is 6.07 Å². The van der Waals surface area contributed by atoms with Crippen LogP contribution >= 0.6 is 0 Å². The van der Waals surface area contributed by atoms with E-state index in [2.05, 4.69) is 9.80 Å². The van der Waals surface area contributed by atoms with Crippen LogP contribution in [-0.4, -0.2) is 43.0 Å². The van der Waals surface area contributed by atoms with E-state index in [0.29, 0.717) is 24.1 Å². The van der Waals surface area contributed by atoms with Gasteiger partial charge in [-0.25, -0.2) is 0 Å². The lowest BCUT2D eigenvalue weighted by Gasteiger charge is -2.36. The van der Waals surface area contributed by atoms with Crippen LogP contribution in [0.2, 0.25) is 0 Å². The highest BCUT2D eigenvalue weighted by atomic mass is 19.4. The fourth-order valence-corrected chi connectivity index (χ4v) is 5.04. The Hall–Kier alpha value is -1.76. The van der Waals surface area contributed by atoms with Gasteiger partial charge in [0.2, 0.25) is 5.91 Å². The standard InChI is InChI=1S/C20H28F3N3O/c1-12(2)18(19(24)27)25(3)17-8-7-13-10-26(11-16(13)17)15-6-4-5-14(9-15)20(21,22)23/h4-6,9,12-13,16-18H,7-8,10-11H2,1-3H3,(H2,24,27)/t13-,16+,17+,18+/m1/s1. The number of hydrogen-bond donors (Lipinski definition) is 1. The van der Waals surface area contributed by atoms with E-state index < -0.39 is 11.7 Å². The molecule has 1 aliphatic heterocycles. The topological polar surface area (TPSA) is 49.6 Å². The Morgan fingerprint density at radius 2 is 1.96 bits per heavy atom. The van der Waals surface area contributed by atoms with Crippen molar-refractivity contribution in [3.63, 3.8) is 0 Å². The number of rotatable bonds is 5. The van der Waals surface area contributed by atoms with Gasteiger partial charge >= 0.3 is 6.18 Å². The second kappa shape index (κ2) is 7.34. The van der Waals surface area contributed by atoms with Crippen molar-refractivity contribution < 1.29 is 18.0 Å². The van der Waals surface area contributed by atoms with Gasteiger partial charge in [-0.15, -0.1) is 0 Å². The van der Waals surface area contributed by atoms with Crippen LogP contribution in [0, 0.1) is 17.8 Å². The molecule has 0 unspecified atom stereocenters.